The first-order chi connectivity index (χ1) is 54.3. The molecule has 111 heavy (non-hydrogen) atoms. The van der Waals surface area contributed by atoms with Crippen molar-refractivity contribution in [3.05, 3.63) is 351 Å². The second-order valence-electron chi connectivity index (χ2n) is 32.6. The normalized spacial score (nSPS) is 12.9. The van der Waals surface area contributed by atoms with Crippen molar-refractivity contribution in [3.8, 4) is 78.7 Å². The maximum atomic E-state index is 5.95. The van der Waals surface area contributed by atoms with E-state index in [0.29, 0.717) is 17.5 Å². The van der Waals surface area contributed by atoms with Gasteiger partial charge in [0.05, 0.1) is 0 Å². The molecule has 0 N–H and O–H groups in total. The van der Waals surface area contributed by atoms with Gasteiger partial charge in [-0.1, -0.05) is 296 Å². The molecule has 22 rings (SSSR count). The number of anilines is 6. The number of nitrogens with zero attached hydrogens (tertiary/aromatic N) is 5. The molecule has 0 radical (unpaired) electrons. The van der Waals surface area contributed by atoms with Gasteiger partial charge >= 0.3 is 0 Å². The first-order valence-corrected chi connectivity index (χ1v) is 38.8. The maximum absolute atomic E-state index is 5.95. The quantitative estimate of drug-likeness (QED) is 0.0819. The van der Waals surface area contributed by atoms with Crippen molar-refractivity contribution in [1.82, 2.24) is 15.0 Å². The summed E-state index contributed by atoms with van der Waals surface area (Å²) in [5.74, 6) is 1.67. The lowest BCUT2D eigenvalue weighted by Crippen LogP contribution is -2.61. The van der Waals surface area contributed by atoms with E-state index in [1.165, 1.54) is 114 Å². The van der Waals surface area contributed by atoms with Crippen LogP contribution in [0.2, 0.25) is 0 Å². The van der Waals surface area contributed by atoms with Crippen LogP contribution in [-0.2, 0) is 10.8 Å². The van der Waals surface area contributed by atoms with Crippen LogP contribution in [-0.4, -0.2) is 21.7 Å². The Balaban J connectivity index is 0.910. The molecule has 0 spiro atoms. The molecule has 0 saturated heterocycles. The third-order valence-corrected chi connectivity index (χ3v) is 24.0. The van der Waals surface area contributed by atoms with E-state index in [-0.39, 0.29) is 17.5 Å². The average molecular weight is 1420 g/mol. The number of fused-ring (bicyclic) bond motifs is 10. The molecular formula is C105H74BN5. The fraction of sp³-hybridized carbons (Fsp3) is 0.0762. The van der Waals surface area contributed by atoms with E-state index < -0.39 is 0 Å². The number of benzene rings is 19. The fourth-order valence-electron chi connectivity index (χ4n) is 18.8. The molecule has 5 nitrogen and oxygen atoms in total. The molecule has 522 valence electrons. The number of hydrogen-bond acceptors (Lipinski definition) is 5. The highest BCUT2D eigenvalue weighted by atomic mass is 15.2. The molecule has 20 aromatic rings. The molecule has 2 aliphatic rings. The molecule has 0 aliphatic carbocycles. The van der Waals surface area contributed by atoms with Crippen molar-refractivity contribution < 1.29 is 0 Å². The van der Waals surface area contributed by atoms with Gasteiger partial charge < -0.3 is 9.80 Å². The molecule has 0 fully saturated rings. The Kier molecular flexibility index (Phi) is 14.3. The Hall–Kier alpha value is -13.5. The van der Waals surface area contributed by atoms with E-state index in [9.17, 15) is 0 Å². The van der Waals surface area contributed by atoms with Crippen LogP contribution in [0, 0.1) is 0 Å². The lowest BCUT2D eigenvalue weighted by atomic mass is 9.32. The summed E-state index contributed by atoms with van der Waals surface area (Å²) in [6.07, 6.45) is 0. The van der Waals surface area contributed by atoms with Crippen LogP contribution in [0.15, 0.2) is 340 Å². The van der Waals surface area contributed by atoms with Gasteiger partial charge in [-0.25, -0.2) is 15.0 Å². The standard InChI is InChI=1S/C105H74BN5/c1-104(2,3)76-45-49-78(50-46-76)110-90-59-75(103-108-101(73-55-69(63-25-11-7-12-26-63)53-70(56-73)64-27-13-8-14-28-64)107-102(109-103)74-57-71(65-29-15-9-16-30-65)54-72(58-74)66-31-17-10-18-32-66)60-91-100(90)106(98-86-43-23-41-82-80-37-19-33-67-35-21-39-84(94(67)80)88(96(82)86)61-92(98)110)99-87-44-24-42-83-81-38-20-34-68-36-22-40-85(95(68)81)89(97(83)87)62-93(99)111(91)79-51-47-77(48-52-79)105(4,5)6/h7-62H,1-6H3. The largest absolute Gasteiger partial charge is 0.311 e. The Bertz CT molecular complexity index is 6640. The van der Waals surface area contributed by atoms with E-state index in [1.54, 1.807) is 0 Å². The van der Waals surface area contributed by atoms with Gasteiger partial charge in [0.15, 0.2) is 17.5 Å². The first-order valence-electron chi connectivity index (χ1n) is 38.8. The molecule has 2 aliphatic heterocycles. The predicted molar refractivity (Wildman–Crippen MR) is 472 cm³/mol. The van der Waals surface area contributed by atoms with Crippen molar-refractivity contribution >= 4 is 143 Å². The number of hydrogen-bond donors (Lipinski definition) is 0. The van der Waals surface area contributed by atoms with Crippen LogP contribution in [0.5, 0.6) is 0 Å². The Morgan fingerprint density at radius 2 is 0.486 bits per heavy atom. The minimum absolute atomic E-state index is 0.107. The van der Waals surface area contributed by atoms with Crippen LogP contribution in [0.1, 0.15) is 52.7 Å². The smallest absolute Gasteiger partial charge is 0.253 e. The van der Waals surface area contributed by atoms with Crippen LogP contribution in [0.4, 0.5) is 34.1 Å². The Morgan fingerprint density at radius 3 is 0.811 bits per heavy atom. The fourth-order valence-corrected chi connectivity index (χ4v) is 18.8. The van der Waals surface area contributed by atoms with Crippen LogP contribution in [0.25, 0.3) is 165 Å². The summed E-state index contributed by atoms with van der Waals surface area (Å²) in [5, 5.41) is 20.1. The van der Waals surface area contributed by atoms with E-state index in [4.69, 9.17) is 15.0 Å². The SMILES string of the molecule is CC(C)(C)c1ccc(N2c3cc(-c4nc(-c5cc(-c6ccccc6)cc(-c6ccccc6)c5)nc(-c5cc(-c6ccccc6)cc(-c6ccccc6)c5)n4)cc4c3B(c3c2cc2c5cccc6cccc(c7cccc3c72)c65)c2c(cc3c5cccc6cccc(c7cccc2c73)c65)N4c2ccc(C(C)(C)C)cc2)cc1. The van der Waals surface area contributed by atoms with Crippen molar-refractivity contribution in [2.45, 2.75) is 52.4 Å². The van der Waals surface area contributed by atoms with Crippen molar-refractivity contribution in [2.24, 2.45) is 0 Å². The summed E-state index contributed by atoms with van der Waals surface area (Å²) in [6, 6.07) is 127. The van der Waals surface area contributed by atoms with Crippen LogP contribution < -0.4 is 26.2 Å². The third-order valence-electron chi connectivity index (χ3n) is 24.0. The minimum atomic E-state index is -0.308. The molecule has 0 amide bonds. The topological polar surface area (TPSA) is 45.2 Å². The van der Waals surface area contributed by atoms with Gasteiger partial charge in [0, 0.05) is 50.8 Å². The van der Waals surface area contributed by atoms with E-state index >= 15 is 0 Å². The number of rotatable bonds is 9. The van der Waals surface area contributed by atoms with Gasteiger partial charge in [-0.15, -0.1) is 0 Å². The summed E-state index contributed by atoms with van der Waals surface area (Å²) in [7, 11) is 0. The molecule has 1 aromatic heterocycles. The zero-order chi connectivity index (χ0) is 74.1. The highest BCUT2D eigenvalue weighted by molar-refractivity contribution is 7.03. The van der Waals surface area contributed by atoms with Gasteiger partial charge in [-0.2, -0.15) is 0 Å². The summed E-state index contributed by atoms with van der Waals surface area (Å²) >= 11 is 0. The zero-order valence-corrected chi connectivity index (χ0v) is 62.6. The van der Waals surface area contributed by atoms with Gasteiger partial charge in [0.1, 0.15) is 0 Å². The van der Waals surface area contributed by atoms with E-state index in [0.717, 1.165) is 95.3 Å². The number of aromatic nitrogens is 3. The van der Waals surface area contributed by atoms with Gasteiger partial charge in [0.2, 0.25) is 0 Å². The van der Waals surface area contributed by atoms with Gasteiger partial charge in [-0.3, -0.25) is 0 Å². The molecule has 0 atom stereocenters. The summed E-state index contributed by atoms with van der Waals surface area (Å²) in [5.41, 5.74) is 23.8. The Labute approximate surface area is 645 Å². The molecule has 3 heterocycles. The lowest BCUT2D eigenvalue weighted by molar-refractivity contribution is 0.590. The molecule has 0 unspecified atom stereocenters. The lowest BCUT2D eigenvalue weighted by Gasteiger charge is -2.45. The van der Waals surface area contributed by atoms with E-state index in [2.05, 4.69) is 391 Å². The van der Waals surface area contributed by atoms with E-state index in [1.807, 2.05) is 0 Å². The van der Waals surface area contributed by atoms with Crippen molar-refractivity contribution in [2.75, 3.05) is 9.80 Å². The molecule has 0 saturated carbocycles. The monoisotopic (exact) mass is 1420 g/mol. The van der Waals surface area contributed by atoms with Crippen molar-refractivity contribution in [1.29, 1.82) is 0 Å². The molecule has 6 heteroatoms. The first kappa shape index (κ1) is 64.6. The highest BCUT2D eigenvalue weighted by Crippen LogP contribution is 2.53. The summed E-state index contributed by atoms with van der Waals surface area (Å²) in [6.45, 7) is 13.6. The van der Waals surface area contributed by atoms with Crippen LogP contribution >= 0.6 is 0 Å². The maximum Gasteiger partial charge on any atom is 0.253 e. The van der Waals surface area contributed by atoms with Crippen LogP contribution in [0.3, 0.4) is 0 Å². The molecule has 0 bridgehead atoms. The molecular weight excluding hydrogens is 1340 g/mol. The summed E-state index contributed by atoms with van der Waals surface area (Å²) in [4.78, 5) is 22.9. The van der Waals surface area contributed by atoms with Crippen molar-refractivity contribution in [3.63, 3.8) is 0 Å². The van der Waals surface area contributed by atoms with Gasteiger partial charge in [-0.05, 0) is 254 Å². The third kappa shape index (κ3) is 10.2. The second kappa shape index (κ2) is 24.5. The average Bonchev–Trinajstić information content (AvgIpc) is 0.671. The highest BCUT2D eigenvalue weighted by Gasteiger charge is 2.47. The second-order valence-corrected chi connectivity index (χ2v) is 32.6. The summed E-state index contributed by atoms with van der Waals surface area (Å²) < 4.78 is 0. The minimum Gasteiger partial charge on any atom is -0.311 e. The zero-order valence-electron chi connectivity index (χ0n) is 62.6. The Morgan fingerprint density at radius 1 is 0.216 bits per heavy atom. The predicted octanol–water partition coefficient (Wildman–Crippen LogP) is 26.3. The van der Waals surface area contributed by atoms with Gasteiger partial charge in [0.25, 0.3) is 6.71 Å². The molecule has 19 aromatic carbocycles.